The fourth-order valence-corrected chi connectivity index (χ4v) is 7.20. The third-order valence-corrected chi connectivity index (χ3v) is 8.72. The summed E-state index contributed by atoms with van der Waals surface area (Å²) in [7, 11) is 0. The van der Waals surface area contributed by atoms with Gasteiger partial charge >= 0.3 is 0 Å². The molecule has 32 heavy (non-hydrogen) atoms. The van der Waals surface area contributed by atoms with Crippen LogP contribution in [0.4, 0.5) is 5.69 Å². The van der Waals surface area contributed by atoms with Crippen molar-refractivity contribution >= 4 is 46.8 Å². The molecule has 4 atom stereocenters. The van der Waals surface area contributed by atoms with Crippen LogP contribution in [0, 0.1) is 18.8 Å². The second-order valence-corrected chi connectivity index (χ2v) is 11.1. The number of halogens is 1. The Morgan fingerprint density at radius 3 is 2.53 bits per heavy atom. The Hall–Kier alpha value is -1.57. The third kappa shape index (κ3) is 3.15. The van der Waals surface area contributed by atoms with Crippen LogP contribution < -0.4 is 10.6 Å². The van der Waals surface area contributed by atoms with Crippen molar-refractivity contribution in [2.45, 2.75) is 69.5 Å². The fraction of sp³-hybridized carbons (Fsp3) is 0.625. The molecular weight excluding hydrogens is 446 g/mol. The van der Waals surface area contributed by atoms with Crippen LogP contribution in [0.25, 0.3) is 0 Å². The number of amides is 3. The molecular formula is C24H30ClN3O3S. The first-order chi connectivity index (χ1) is 15.4. The van der Waals surface area contributed by atoms with Crippen molar-refractivity contribution in [1.29, 1.82) is 0 Å². The van der Waals surface area contributed by atoms with Gasteiger partial charge in [-0.05, 0) is 49.8 Å². The molecule has 1 saturated carbocycles. The van der Waals surface area contributed by atoms with Crippen LogP contribution in [0.5, 0.6) is 0 Å². The van der Waals surface area contributed by atoms with Crippen LogP contribution in [0.2, 0.25) is 5.02 Å². The Balaban J connectivity index is 1.61. The number of aryl methyl sites for hydroxylation is 1. The Bertz CT molecular complexity index is 977. The van der Waals surface area contributed by atoms with Gasteiger partial charge in [0, 0.05) is 17.6 Å². The predicted molar refractivity (Wildman–Crippen MR) is 127 cm³/mol. The number of benzene rings is 1. The summed E-state index contributed by atoms with van der Waals surface area (Å²) in [6.45, 7) is 1.93. The number of anilines is 1. The average molecular weight is 476 g/mol. The van der Waals surface area contributed by atoms with Crippen LogP contribution in [-0.2, 0) is 19.9 Å². The molecule has 8 heteroatoms. The molecule has 3 fully saturated rings. The molecule has 172 valence electrons. The molecule has 6 nitrogen and oxygen atoms in total. The van der Waals surface area contributed by atoms with Gasteiger partial charge in [0.2, 0.25) is 17.7 Å². The molecule has 1 aromatic rings. The number of fused-ring (bicyclic) bond motifs is 4. The minimum Gasteiger partial charge on any atom is -0.323 e. The van der Waals surface area contributed by atoms with Crippen molar-refractivity contribution in [2.75, 3.05) is 17.3 Å². The van der Waals surface area contributed by atoms with E-state index in [2.05, 4.69) is 10.6 Å². The number of nitrogens with one attached hydrogen (secondary N) is 2. The number of carbonyl (C=O) groups is 3. The molecule has 0 aromatic heterocycles. The highest BCUT2D eigenvalue weighted by Crippen LogP contribution is 2.55. The Morgan fingerprint density at radius 1 is 1.12 bits per heavy atom. The lowest BCUT2D eigenvalue weighted by Gasteiger charge is -2.32. The summed E-state index contributed by atoms with van der Waals surface area (Å²) < 4.78 is 0. The van der Waals surface area contributed by atoms with E-state index in [1.807, 2.05) is 25.3 Å². The zero-order valence-electron chi connectivity index (χ0n) is 18.6. The lowest BCUT2D eigenvalue weighted by Crippen LogP contribution is -2.54. The molecule has 3 heterocycles. The zero-order valence-corrected chi connectivity index (χ0v) is 20.2. The average Bonchev–Trinajstić information content (AvgIpc) is 3.21. The van der Waals surface area contributed by atoms with Crippen molar-refractivity contribution in [2.24, 2.45) is 11.8 Å². The molecule has 1 aliphatic carbocycles. The van der Waals surface area contributed by atoms with E-state index < -0.39 is 17.4 Å². The van der Waals surface area contributed by atoms with Gasteiger partial charge in [-0.3, -0.25) is 24.6 Å². The van der Waals surface area contributed by atoms with E-state index in [0.29, 0.717) is 16.3 Å². The van der Waals surface area contributed by atoms with Crippen molar-refractivity contribution in [3.8, 4) is 0 Å². The SMILES string of the molecule is CSCC[C@@H]1N[C@@]2(C(=O)Nc3c(Cl)cc(C)cc32)[C@@H]2C(=O)N(C3CCCCCC3)C(=O)[C@H]12. The number of carbonyl (C=O) groups excluding carboxylic acids is 3. The number of likely N-dealkylation sites (tertiary alicyclic amines) is 1. The number of thioether (sulfide) groups is 1. The van der Waals surface area contributed by atoms with Crippen LogP contribution in [0.3, 0.4) is 0 Å². The normalized spacial score (nSPS) is 32.4. The first-order valence-electron chi connectivity index (χ1n) is 11.7. The molecule has 2 saturated heterocycles. The summed E-state index contributed by atoms with van der Waals surface area (Å²) in [6.07, 6.45) is 8.85. The minimum absolute atomic E-state index is 0.0496. The van der Waals surface area contributed by atoms with Crippen LogP contribution in [0.1, 0.15) is 56.1 Å². The van der Waals surface area contributed by atoms with Gasteiger partial charge in [0.05, 0.1) is 22.5 Å². The van der Waals surface area contributed by atoms with E-state index in [0.717, 1.165) is 56.3 Å². The quantitative estimate of drug-likeness (QED) is 0.511. The van der Waals surface area contributed by atoms with Gasteiger partial charge in [0.1, 0.15) is 5.54 Å². The maximum atomic E-state index is 14.0. The van der Waals surface area contributed by atoms with E-state index in [1.165, 1.54) is 0 Å². The smallest absolute Gasteiger partial charge is 0.250 e. The molecule has 0 bridgehead atoms. The summed E-state index contributed by atoms with van der Waals surface area (Å²) in [4.78, 5) is 42.8. The van der Waals surface area contributed by atoms with E-state index in [-0.39, 0.29) is 29.8 Å². The molecule has 3 aliphatic heterocycles. The third-order valence-electron chi connectivity index (χ3n) is 7.78. The van der Waals surface area contributed by atoms with Crippen molar-refractivity contribution in [3.63, 3.8) is 0 Å². The van der Waals surface area contributed by atoms with Gasteiger partial charge in [0.25, 0.3) is 0 Å². The van der Waals surface area contributed by atoms with Crippen LogP contribution >= 0.6 is 23.4 Å². The second-order valence-electron chi connectivity index (χ2n) is 9.66. The molecule has 2 N–H and O–H groups in total. The van der Waals surface area contributed by atoms with Gasteiger partial charge in [-0.2, -0.15) is 11.8 Å². The summed E-state index contributed by atoms with van der Waals surface area (Å²) in [5.74, 6) is -0.956. The zero-order chi connectivity index (χ0) is 22.6. The van der Waals surface area contributed by atoms with E-state index in [4.69, 9.17) is 11.6 Å². The summed E-state index contributed by atoms with van der Waals surface area (Å²) in [5.41, 5.74) is 0.948. The van der Waals surface area contributed by atoms with E-state index in [9.17, 15) is 14.4 Å². The number of nitrogens with zero attached hydrogens (tertiary/aromatic N) is 1. The summed E-state index contributed by atoms with van der Waals surface area (Å²) in [5, 5.41) is 6.91. The van der Waals surface area contributed by atoms with Crippen LogP contribution in [-0.4, -0.2) is 46.7 Å². The topological polar surface area (TPSA) is 78.5 Å². The van der Waals surface area contributed by atoms with Gasteiger partial charge in [-0.25, -0.2) is 0 Å². The van der Waals surface area contributed by atoms with Crippen molar-refractivity contribution in [3.05, 3.63) is 28.3 Å². The highest BCUT2D eigenvalue weighted by Gasteiger charge is 2.70. The Kier molecular flexibility index (Phi) is 5.79. The molecule has 0 radical (unpaired) electrons. The highest BCUT2D eigenvalue weighted by atomic mass is 35.5. The fourth-order valence-electron chi connectivity index (χ4n) is 6.39. The van der Waals surface area contributed by atoms with Crippen LogP contribution in [0.15, 0.2) is 12.1 Å². The lowest BCUT2D eigenvalue weighted by molar-refractivity contribution is -0.145. The molecule has 0 unspecified atom stereocenters. The molecule has 1 aromatic carbocycles. The monoisotopic (exact) mass is 475 g/mol. The highest BCUT2D eigenvalue weighted by molar-refractivity contribution is 7.98. The molecule has 1 spiro atoms. The Morgan fingerprint density at radius 2 is 1.84 bits per heavy atom. The largest absolute Gasteiger partial charge is 0.323 e. The minimum atomic E-state index is -1.25. The molecule has 4 aliphatic rings. The summed E-state index contributed by atoms with van der Waals surface area (Å²) in [6, 6.07) is 3.48. The first kappa shape index (κ1) is 22.2. The van der Waals surface area contributed by atoms with Gasteiger partial charge in [0.15, 0.2) is 0 Å². The Labute approximate surface area is 198 Å². The molecule has 5 rings (SSSR count). The maximum Gasteiger partial charge on any atom is 0.250 e. The first-order valence-corrected chi connectivity index (χ1v) is 13.4. The number of imide groups is 1. The van der Waals surface area contributed by atoms with Gasteiger partial charge in [-0.1, -0.05) is 43.4 Å². The predicted octanol–water partition coefficient (Wildman–Crippen LogP) is 3.84. The van der Waals surface area contributed by atoms with E-state index in [1.54, 1.807) is 16.7 Å². The lowest BCUT2D eigenvalue weighted by atomic mass is 9.76. The standard InChI is InChI=1S/C24H30ClN3O3S/c1-13-11-15-20(16(25)12-13)26-23(31)24(15)19-18(17(27-24)9-10-32-2)21(29)28(22(19)30)14-7-5-3-4-6-8-14/h11-12,14,17-19,27H,3-10H2,1-2H3,(H,26,31)/t17-,18+,19-,24+/m0/s1. The van der Waals surface area contributed by atoms with Gasteiger partial charge < -0.3 is 5.32 Å². The number of hydrogen-bond acceptors (Lipinski definition) is 5. The summed E-state index contributed by atoms with van der Waals surface area (Å²) >= 11 is 8.20. The maximum absolute atomic E-state index is 14.0. The molecule has 3 amide bonds. The van der Waals surface area contributed by atoms with Gasteiger partial charge in [-0.15, -0.1) is 0 Å². The van der Waals surface area contributed by atoms with E-state index >= 15 is 0 Å². The second kappa shape index (κ2) is 8.33. The number of hydrogen-bond donors (Lipinski definition) is 2. The number of rotatable bonds is 4. The van der Waals surface area contributed by atoms with Crippen molar-refractivity contribution in [1.82, 2.24) is 10.2 Å². The van der Waals surface area contributed by atoms with Crippen molar-refractivity contribution < 1.29 is 14.4 Å².